The Balaban J connectivity index is 1.19. The number of anilines is 2. The van der Waals surface area contributed by atoms with Gasteiger partial charge in [-0.15, -0.1) is 0 Å². The van der Waals surface area contributed by atoms with Crippen molar-refractivity contribution in [3.8, 4) is 11.8 Å². The van der Waals surface area contributed by atoms with Crippen LogP contribution in [0.4, 0.5) is 29.3 Å². The first-order chi connectivity index (χ1) is 20.7. The summed E-state index contributed by atoms with van der Waals surface area (Å²) in [5.74, 6) is 0.215. The molecule has 232 valence electrons. The van der Waals surface area contributed by atoms with Gasteiger partial charge in [0, 0.05) is 30.6 Å². The van der Waals surface area contributed by atoms with Crippen molar-refractivity contribution in [1.29, 1.82) is 5.26 Å². The number of fused-ring (bicyclic) bond motifs is 2. The number of carbonyl (C=O) groups excluding carboxylic acids is 2. The number of benzene rings is 1. The maximum Gasteiger partial charge on any atom is 0.419 e. The highest BCUT2D eigenvalue weighted by molar-refractivity contribution is 7.81. The number of rotatable bonds is 4. The van der Waals surface area contributed by atoms with Gasteiger partial charge in [-0.25, -0.2) is 9.78 Å². The van der Waals surface area contributed by atoms with Gasteiger partial charge < -0.3 is 19.3 Å². The summed E-state index contributed by atoms with van der Waals surface area (Å²) in [7, 11) is 0. The van der Waals surface area contributed by atoms with Crippen LogP contribution in [-0.4, -0.2) is 56.3 Å². The van der Waals surface area contributed by atoms with Crippen LogP contribution in [0.25, 0.3) is 0 Å². The van der Waals surface area contributed by atoms with E-state index in [2.05, 4.69) is 4.98 Å². The number of halogens is 3. The van der Waals surface area contributed by atoms with Gasteiger partial charge in [-0.3, -0.25) is 9.69 Å². The Morgan fingerprint density at radius 3 is 2.25 bits per heavy atom. The molecule has 44 heavy (non-hydrogen) atoms. The molecule has 0 N–H and O–H groups in total. The number of pyridine rings is 1. The van der Waals surface area contributed by atoms with Crippen LogP contribution in [0.2, 0.25) is 0 Å². The molecule has 1 aromatic heterocycles. The van der Waals surface area contributed by atoms with E-state index in [1.807, 2.05) is 25.7 Å². The van der Waals surface area contributed by atoms with Crippen molar-refractivity contribution in [1.82, 2.24) is 9.88 Å². The van der Waals surface area contributed by atoms with Crippen LogP contribution < -0.4 is 14.5 Å². The molecule has 4 heterocycles. The van der Waals surface area contributed by atoms with Crippen LogP contribution in [0.1, 0.15) is 77.0 Å². The standard InChI is InChI=1S/C31H32F3N5O4S/c1-29(2,3)43-28(41)37-19-5-6-20(37)14-23(13-19)42-22-9-7-18(8-10-22)39-27(44)38(26(40)30(39)11-4-12-30)21-15-24(31(32,33)34)25(16-35)36-17-21/h7-10,15,17,19-20,23H,4-6,11-14H2,1-3H3/t19-,20+,23+. The van der Waals surface area contributed by atoms with Gasteiger partial charge in [-0.1, -0.05) is 0 Å². The summed E-state index contributed by atoms with van der Waals surface area (Å²) in [5.41, 5.74) is -3.06. The Bertz CT molecular complexity index is 1530. The quantitative estimate of drug-likeness (QED) is 0.362. The molecule has 1 spiro atoms. The maximum atomic E-state index is 13.7. The minimum atomic E-state index is -4.83. The molecule has 6 rings (SSSR count). The highest BCUT2D eigenvalue weighted by Crippen LogP contribution is 2.48. The Morgan fingerprint density at radius 2 is 1.73 bits per heavy atom. The molecule has 0 unspecified atom stereocenters. The SMILES string of the molecule is CC(C)(C)OC(=O)N1[C@@H]2CC[C@H]1C[C@@H](Oc1ccc(N3C(=S)N(c4cnc(C#N)c(C(F)(F)F)c4)C(=O)C34CCC4)cc1)C2. The van der Waals surface area contributed by atoms with Crippen molar-refractivity contribution >= 4 is 40.7 Å². The van der Waals surface area contributed by atoms with E-state index in [1.54, 1.807) is 29.2 Å². The van der Waals surface area contributed by atoms with Gasteiger partial charge in [0.2, 0.25) is 0 Å². The minimum absolute atomic E-state index is 0.0501. The monoisotopic (exact) mass is 627 g/mol. The van der Waals surface area contributed by atoms with Gasteiger partial charge in [0.25, 0.3) is 5.91 Å². The first-order valence-electron chi connectivity index (χ1n) is 14.7. The number of nitriles is 1. The summed E-state index contributed by atoms with van der Waals surface area (Å²) in [6.45, 7) is 5.57. The smallest absolute Gasteiger partial charge is 0.419 e. The van der Waals surface area contributed by atoms with Crippen molar-refractivity contribution in [3.63, 3.8) is 0 Å². The molecule has 1 saturated carbocycles. The van der Waals surface area contributed by atoms with Crippen molar-refractivity contribution in [2.75, 3.05) is 9.80 Å². The topological polar surface area (TPSA) is 99.0 Å². The number of ether oxygens (including phenoxy) is 2. The molecular formula is C31H32F3N5O4S. The predicted molar refractivity (Wildman–Crippen MR) is 158 cm³/mol. The summed E-state index contributed by atoms with van der Waals surface area (Å²) in [5, 5.41) is 9.18. The number of nitrogens with zero attached hydrogens (tertiary/aromatic N) is 5. The van der Waals surface area contributed by atoms with E-state index in [1.165, 1.54) is 6.07 Å². The number of carbonyl (C=O) groups is 2. The van der Waals surface area contributed by atoms with Crippen molar-refractivity contribution in [2.45, 2.75) is 101 Å². The normalized spacial score (nSPS) is 24.4. The second-order valence-corrected chi connectivity index (χ2v) is 13.2. The van der Waals surface area contributed by atoms with E-state index >= 15 is 0 Å². The fourth-order valence-corrected chi connectivity index (χ4v) is 7.26. The fourth-order valence-electron chi connectivity index (χ4n) is 6.79. The molecule has 4 aliphatic rings. The van der Waals surface area contributed by atoms with Gasteiger partial charge in [-0.05, 0) is 95.4 Å². The molecule has 0 radical (unpaired) electrons. The molecule has 3 aliphatic heterocycles. The van der Waals surface area contributed by atoms with Gasteiger partial charge >= 0.3 is 12.3 Å². The largest absolute Gasteiger partial charge is 0.490 e. The molecule has 2 aromatic rings. The number of aromatic nitrogens is 1. The second-order valence-electron chi connectivity index (χ2n) is 12.8. The molecule has 9 nitrogen and oxygen atoms in total. The molecule has 1 aromatic carbocycles. The van der Waals surface area contributed by atoms with Crippen LogP contribution in [0.5, 0.6) is 5.75 Å². The number of amides is 2. The van der Waals surface area contributed by atoms with Gasteiger partial charge in [0.1, 0.15) is 29.1 Å². The zero-order chi connectivity index (χ0) is 31.6. The average molecular weight is 628 g/mol. The lowest BCUT2D eigenvalue weighted by atomic mass is 9.75. The summed E-state index contributed by atoms with van der Waals surface area (Å²) >= 11 is 5.69. The molecule has 4 fully saturated rings. The molecule has 1 aliphatic carbocycles. The average Bonchev–Trinajstić information content (AvgIpc) is 3.33. The Hall–Kier alpha value is -3.92. The molecule has 3 atom stereocenters. The summed E-state index contributed by atoms with van der Waals surface area (Å²) < 4.78 is 52.9. The van der Waals surface area contributed by atoms with E-state index in [0.717, 1.165) is 36.4 Å². The molecular weight excluding hydrogens is 595 g/mol. The Morgan fingerprint density at radius 1 is 1.09 bits per heavy atom. The number of thiocarbonyl (C=S) groups is 1. The van der Waals surface area contributed by atoms with Gasteiger partial charge in [-0.2, -0.15) is 18.4 Å². The van der Waals surface area contributed by atoms with E-state index in [4.69, 9.17) is 27.0 Å². The summed E-state index contributed by atoms with van der Waals surface area (Å²) in [6, 6.07) is 9.50. The summed E-state index contributed by atoms with van der Waals surface area (Å²) in [4.78, 5) is 34.9. The molecule has 2 amide bonds. The van der Waals surface area contributed by atoms with E-state index in [-0.39, 0.29) is 35.1 Å². The fraction of sp³-hybridized carbons (Fsp3) is 0.516. The van der Waals surface area contributed by atoms with E-state index < -0.39 is 34.5 Å². The van der Waals surface area contributed by atoms with E-state index in [9.17, 15) is 22.8 Å². The zero-order valence-corrected chi connectivity index (χ0v) is 25.4. The third-order valence-corrected chi connectivity index (χ3v) is 9.19. The van der Waals surface area contributed by atoms with Gasteiger partial charge in [0.15, 0.2) is 10.8 Å². The third kappa shape index (κ3) is 5.12. The highest BCUT2D eigenvalue weighted by Gasteiger charge is 2.60. The summed E-state index contributed by atoms with van der Waals surface area (Å²) in [6.07, 6.45) is 0.843. The number of hydrogen-bond acceptors (Lipinski definition) is 7. The Labute approximate surface area is 258 Å². The predicted octanol–water partition coefficient (Wildman–Crippen LogP) is 6.34. The molecule has 2 bridgehead atoms. The van der Waals surface area contributed by atoms with Crippen LogP contribution in [-0.2, 0) is 15.7 Å². The van der Waals surface area contributed by atoms with Crippen molar-refractivity contribution < 1.29 is 32.2 Å². The number of hydrogen-bond donors (Lipinski definition) is 0. The minimum Gasteiger partial charge on any atom is -0.490 e. The highest BCUT2D eigenvalue weighted by atomic mass is 32.1. The third-order valence-electron chi connectivity index (χ3n) is 8.83. The van der Waals surface area contributed by atoms with Crippen LogP contribution in [0.3, 0.4) is 0 Å². The van der Waals surface area contributed by atoms with Crippen LogP contribution in [0.15, 0.2) is 36.5 Å². The van der Waals surface area contributed by atoms with Crippen LogP contribution >= 0.6 is 12.2 Å². The maximum absolute atomic E-state index is 13.7. The zero-order valence-electron chi connectivity index (χ0n) is 24.6. The Kier molecular flexibility index (Phi) is 7.26. The number of alkyl halides is 3. The van der Waals surface area contributed by atoms with Crippen LogP contribution in [0, 0.1) is 11.3 Å². The lowest BCUT2D eigenvalue weighted by Crippen LogP contribution is -2.55. The van der Waals surface area contributed by atoms with Crippen molar-refractivity contribution in [3.05, 3.63) is 47.8 Å². The molecule has 13 heteroatoms. The first kappa shape index (κ1) is 30.1. The number of piperidine rings is 1. The van der Waals surface area contributed by atoms with E-state index in [0.29, 0.717) is 37.1 Å². The van der Waals surface area contributed by atoms with Crippen molar-refractivity contribution in [2.24, 2.45) is 0 Å². The lowest BCUT2D eigenvalue weighted by Gasteiger charge is -2.43. The first-order valence-corrected chi connectivity index (χ1v) is 15.1. The molecule has 3 saturated heterocycles. The van der Waals surface area contributed by atoms with Gasteiger partial charge in [0.05, 0.1) is 17.4 Å². The lowest BCUT2D eigenvalue weighted by molar-refractivity contribution is -0.138. The second kappa shape index (κ2) is 10.6.